The second-order valence-electron chi connectivity index (χ2n) is 3.29. The van der Waals surface area contributed by atoms with E-state index in [1.165, 1.54) is 0 Å². The van der Waals surface area contributed by atoms with E-state index in [0.29, 0.717) is 6.07 Å². The minimum atomic E-state index is -1.27. The standard InChI is InChI=1S/C9H11F2N3O2/c1-5(4-12)13-9-7(14(15)16)3-2-6(10)8(9)11/h2-3,5,13H,4,12H2,1H3. The molecule has 1 aromatic rings. The van der Waals surface area contributed by atoms with Gasteiger partial charge in [0.2, 0.25) is 0 Å². The lowest BCUT2D eigenvalue weighted by atomic mass is 10.2. The van der Waals surface area contributed by atoms with Gasteiger partial charge in [0.15, 0.2) is 17.3 Å². The first-order valence-corrected chi connectivity index (χ1v) is 4.56. The van der Waals surface area contributed by atoms with Gasteiger partial charge in [0.1, 0.15) is 0 Å². The van der Waals surface area contributed by atoms with E-state index in [9.17, 15) is 18.9 Å². The molecule has 1 rings (SSSR count). The maximum Gasteiger partial charge on any atom is 0.295 e. The van der Waals surface area contributed by atoms with Crippen molar-refractivity contribution in [3.63, 3.8) is 0 Å². The van der Waals surface area contributed by atoms with Crippen molar-refractivity contribution in [1.82, 2.24) is 0 Å². The van der Waals surface area contributed by atoms with Crippen molar-refractivity contribution >= 4 is 11.4 Å². The lowest BCUT2D eigenvalue weighted by Crippen LogP contribution is -2.26. The van der Waals surface area contributed by atoms with Crippen molar-refractivity contribution in [3.05, 3.63) is 33.9 Å². The fourth-order valence-corrected chi connectivity index (χ4v) is 1.14. The van der Waals surface area contributed by atoms with Gasteiger partial charge >= 0.3 is 0 Å². The Kier molecular flexibility index (Phi) is 3.73. The van der Waals surface area contributed by atoms with E-state index in [-0.39, 0.29) is 6.54 Å². The van der Waals surface area contributed by atoms with Gasteiger partial charge in [-0.2, -0.15) is 0 Å². The number of benzene rings is 1. The van der Waals surface area contributed by atoms with Gasteiger partial charge in [-0.05, 0) is 13.0 Å². The summed E-state index contributed by atoms with van der Waals surface area (Å²) in [6, 6.07) is 1.23. The average Bonchev–Trinajstić information content (AvgIpc) is 2.24. The van der Waals surface area contributed by atoms with Crippen molar-refractivity contribution in [2.45, 2.75) is 13.0 Å². The zero-order valence-corrected chi connectivity index (χ0v) is 8.54. The summed E-state index contributed by atoms with van der Waals surface area (Å²) in [5, 5.41) is 13.1. The highest BCUT2D eigenvalue weighted by atomic mass is 19.2. The van der Waals surface area contributed by atoms with Crippen LogP contribution in [0.3, 0.4) is 0 Å². The van der Waals surface area contributed by atoms with Crippen LogP contribution in [0.5, 0.6) is 0 Å². The number of nitro benzene ring substituents is 1. The molecule has 1 atom stereocenters. The molecule has 1 unspecified atom stereocenters. The van der Waals surface area contributed by atoms with E-state index in [1.807, 2.05) is 0 Å². The molecule has 0 amide bonds. The van der Waals surface area contributed by atoms with Crippen LogP contribution in [-0.2, 0) is 0 Å². The Morgan fingerprint density at radius 3 is 2.69 bits per heavy atom. The van der Waals surface area contributed by atoms with Crippen LogP contribution >= 0.6 is 0 Å². The molecule has 0 fully saturated rings. The van der Waals surface area contributed by atoms with Gasteiger partial charge in [0.05, 0.1) is 4.92 Å². The summed E-state index contributed by atoms with van der Waals surface area (Å²) >= 11 is 0. The fourth-order valence-electron chi connectivity index (χ4n) is 1.14. The minimum absolute atomic E-state index is 0.146. The van der Waals surface area contributed by atoms with Gasteiger partial charge in [-0.3, -0.25) is 10.1 Å². The molecule has 0 radical (unpaired) electrons. The van der Waals surface area contributed by atoms with E-state index >= 15 is 0 Å². The molecule has 0 saturated heterocycles. The molecule has 0 aromatic heterocycles. The van der Waals surface area contributed by atoms with E-state index < -0.39 is 34.0 Å². The number of rotatable bonds is 4. The van der Waals surface area contributed by atoms with Crippen LogP contribution in [0.25, 0.3) is 0 Å². The maximum atomic E-state index is 13.3. The Morgan fingerprint density at radius 2 is 2.19 bits per heavy atom. The highest BCUT2D eigenvalue weighted by Gasteiger charge is 2.22. The molecule has 0 saturated carbocycles. The first-order chi connectivity index (χ1) is 7.47. The molecule has 0 bridgehead atoms. The first-order valence-electron chi connectivity index (χ1n) is 4.56. The number of anilines is 1. The Labute approximate surface area is 90.4 Å². The van der Waals surface area contributed by atoms with E-state index in [0.717, 1.165) is 6.07 Å². The predicted molar refractivity (Wildman–Crippen MR) is 55.2 cm³/mol. The summed E-state index contributed by atoms with van der Waals surface area (Å²) in [4.78, 5) is 9.82. The van der Waals surface area contributed by atoms with Crippen molar-refractivity contribution in [2.75, 3.05) is 11.9 Å². The number of nitrogens with two attached hydrogens (primary N) is 1. The summed E-state index contributed by atoms with van der Waals surface area (Å²) < 4.78 is 26.2. The number of nitrogens with zero attached hydrogens (tertiary/aromatic N) is 1. The quantitative estimate of drug-likeness (QED) is 0.609. The summed E-state index contributed by atoms with van der Waals surface area (Å²) in [7, 11) is 0. The van der Waals surface area contributed by atoms with Crippen LogP contribution in [0.1, 0.15) is 6.92 Å². The highest BCUT2D eigenvalue weighted by Crippen LogP contribution is 2.29. The monoisotopic (exact) mass is 231 g/mol. The third-order valence-corrected chi connectivity index (χ3v) is 2.01. The van der Waals surface area contributed by atoms with Crippen LogP contribution in [0.15, 0.2) is 12.1 Å². The number of halogens is 2. The van der Waals surface area contributed by atoms with Crippen LogP contribution < -0.4 is 11.1 Å². The highest BCUT2D eigenvalue weighted by molar-refractivity contribution is 5.62. The zero-order chi connectivity index (χ0) is 12.3. The largest absolute Gasteiger partial charge is 0.373 e. The smallest absolute Gasteiger partial charge is 0.295 e. The third kappa shape index (κ3) is 2.43. The van der Waals surface area contributed by atoms with Crippen LogP contribution in [0.2, 0.25) is 0 Å². The molecule has 16 heavy (non-hydrogen) atoms. The molecule has 0 heterocycles. The molecule has 3 N–H and O–H groups in total. The van der Waals surface area contributed by atoms with Crippen molar-refractivity contribution in [3.8, 4) is 0 Å². The first kappa shape index (κ1) is 12.3. The van der Waals surface area contributed by atoms with Gasteiger partial charge in [0, 0.05) is 18.7 Å². The third-order valence-electron chi connectivity index (χ3n) is 2.01. The van der Waals surface area contributed by atoms with Crippen LogP contribution in [0.4, 0.5) is 20.2 Å². The van der Waals surface area contributed by atoms with Crippen molar-refractivity contribution in [1.29, 1.82) is 0 Å². The van der Waals surface area contributed by atoms with E-state index in [1.54, 1.807) is 6.92 Å². The molecular formula is C9H11F2N3O2. The van der Waals surface area contributed by atoms with Gasteiger partial charge in [-0.15, -0.1) is 0 Å². The summed E-state index contributed by atoms with van der Waals surface area (Å²) in [5.74, 6) is -2.41. The molecule has 7 heteroatoms. The van der Waals surface area contributed by atoms with Crippen LogP contribution in [-0.4, -0.2) is 17.5 Å². The molecule has 0 aliphatic carbocycles. The van der Waals surface area contributed by atoms with Gasteiger partial charge < -0.3 is 11.1 Å². The lowest BCUT2D eigenvalue weighted by Gasteiger charge is -2.13. The van der Waals surface area contributed by atoms with Crippen LogP contribution in [0, 0.1) is 21.7 Å². The number of nitro groups is 1. The van der Waals surface area contributed by atoms with Crippen molar-refractivity contribution < 1.29 is 13.7 Å². The number of nitrogens with one attached hydrogen (secondary N) is 1. The maximum absolute atomic E-state index is 13.3. The lowest BCUT2D eigenvalue weighted by molar-refractivity contribution is -0.384. The van der Waals surface area contributed by atoms with E-state index in [4.69, 9.17) is 5.73 Å². The predicted octanol–water partition coefficient (Wildman–Crippen LogP) is 1.63. The average molecular weight is 231 g/mol. The van der Waals surface area contributed by atoms with Crippen molar-refractivity contribution in [2.24, 2.45) is 5.73 Å². The second kappa shape index (κ2) is 4.84. The molecule has 1 aromatic carbocycles. The van der Waals surface area contributed by atoms with Gasteiger partial charge in [0.25, 0.3) is 5.69 Å². The molecule has 0 aliphatic rings. The Morgan fingerprint density at radius 1 is 1.56 bits per heavy atom. The second-order valence-corrected chi connectivity index (χ2v) is 3.29. The zero-order valence-electron chi connectivity index (χ0n) is 8.54. The minimum Gasteiger partial charge on any atom is -0.373 e. The van der Waals surface area contributed by atoms with Gasteiger partial charge in [-0.25, -0.2) is 8.78 Å². The Hall–Kier alpha value is -1.76. The molecule has 0 spiro atoms. The molecular weight excluding hydrogens is 220 g/mol. The number of hydrogen-bond acceptors (Lipinski definition) is 4. The fraction of sp³-hybridized carbons (Fsp3) is 0.333. The molecule has 0 aliphatic heterocycles. The van der Waals surface area contributed by atoms with Gasteiger partial charge in [-0.1, -0.05) is 0 Å². The summed E-state index contributed by atoms with van der Waals surface area (Å²) in [6.45, 7) is 1.75. The topological polar surface area (TPSA) is 81.2 Å². The Bertz CT molecular complexity index is 412. The normalized spacial score (nSPS) is 12.2. The summed E-state index contributed by atoms with van der Waals surface area (Å²) in [5.41, 5.74) is 4.30. The summed E-state index contributed by atoms with van der Waals surface area (Å²) in [6.07, 6.45) is 0. The Balaban J connectivity index is 3.21. The number of hydrogen-bond donors (Lipinski definition) is 2. The SMILES string of the molecule is CC(CN)Nc1c([N+](=O)[O-])ccc(F)c1F. The molecule has 5 nitrogen and oxygen atoms in total. The van der Waals surface area contributed by atoms with E-state index in [2.05, 4.69) is 5.32 Å². The molecule has 88 valence electrons.